The molecule has 1 aliphatic heterocycles. The third-order valence-corrected chi connectivity index (χ3v) is 6.38. The van der Waals surface area contributed by atoms with Crippen LogP contribution in [0.5, 0.6) is 0 Å². The van der Waals surface area contributed by atoms with Gasteiger partial charge < -0.3 is 19.9 Å². The summed E-state index contributed by atoms with van der Waals surface area (Å²) in [6.07, 6.45) is 8.11. The third-order valence-electron chi connectivity index (χ3n) is 6.38. The van der Waals surface area contributed by atoms with Gasteiger partial charge in [-0.3, -0.25) is 9.59 Å². The van der Waals surface area contributed by atoms with E-state index in [0.29, 0.717) is 12.1 Å². The Balaban J connectivity index is 1.61. The molecule has 1 aromatic carbocycles. The minimum absolute atomic E-state index is 0.00556. The first-order valence-corrected chi connectivity index (χ1v) is 12.5. The largest absolute Gasteiger partial charge is 0.482 e. The molecular weight excluding hydrogens is 421 g/mol. The number of hydrogen-bond donors (Lipinski definition) is 1. The maximum atomic E-state index is 14.1. The first-order valence-electron chi connectivity index (χ1n) is 12.5. The van der Waals surface area contributed by atoms with E-state index in [-0.39, 0.29) is 36.3 Å². The summed E-state index contributed by atoms with van der Waals surface area (Å²) in [5, 5.41) is 2.98. The molecule has 0 bridgehead atoms. The molecule has 0 spiro atoms. The van der Waals surface area contributed by atoms with Crippen LogP contribution in [0.25, 0.3) is 6.08 Å². The third kappa shape index (κ3) is 7.03. The first-order chi connectivity index (χ1) is 16.0. The molecule has 1 N–H and O–H groups in total. The molecule has 1 aliphatic carbocycles. The van der Waals surface area contributed by atoms with Crippen molar-refractivity contribution in [3.8, 4) is 0 Å². The number of amides is 2. The molecule has 7 heteroatoms. The van der Waals surface area contributed by atoms with E-state index in [9.17, 15) is 14.0 Å². The Morgan fingerprint density at radius 1 is 1.18 bits per heavy atom. The van der Waals surface area contributed by atoms with Crippen molar-refractivity contribution in [2.45, 2.75) is 70.9 Å². The first kappa shape index (κ1) is 25.2. The van der Waals surface area contributed by atoms with Crippen LogP contribution in [-0.2, 0) is 14.3 Å². The Labute approximate surface area is 197 Å². The Bertz CT molecular complexity index is 823. The van der Waals surface area contributed by atoms with Gasteiger partial charge in [-0.15, -0.1) is 0 Å². The molecule has 182 valence electrons. The van der Waals surface area contributed by atoms with Gasteiger partial charge in [0.1, 0.15) is 18.5 Å². The predicted octanol–water partition coefficient (Wildman–Crippen LogP) is 3.96. The Kier molecular flexibility index (Phi) is 9.73. The number of nitrogens with zero attached hydrogens (tertiary/aromatic N) is 2. The molecule has 0 radical (unpaired) electrons. The fourth-order valence-electron chi connectivity index (χ4n) is 4.80. The van der Waals surface area contributed by atoms with Gasteiger partial charge in [0.05, 0.1) is 6.04 Å². The lowest BCUT2D eigenvalue weighted by atomic mass is 9.89. The number of hydrogen-bond acceptors (Lipinski definition) is 4. The maximum Gasteiger partial charge on any atom is 0.289 e. The van der Waals surface area contributed by atoms with Crippen molar-refractivity contribution in [2.75, 3.05) is 32.7 Å². The van der Waals surface area contributed by atoms with Crippen molar-refractivity contribution in [1.82, 2.24) is 15.1 Å². The van der Waals surface area contributed by atoms with Gasteiger partial charge in [-0.25, -0.2) is 4.39 Å². The van der Waals surface area contributed by atoms with E-state index >= 15 is 0 Å². The lowest BCUT2D eigenvalue weighted by molar-refractivity contribution is -0.151. The number of benzene rings is 1. The zero-order valence-corrected chi connectivity index (χ0v) is 20.0. The van der Waals surface area contributed by atoms with Crippen molar-refractivity contribution in [2.24, 2.45) is 0 Å². The predicted molar refractivity (Wildman–Crippen MR) is 128 cm³/mol. The maximum absolute atomic E-state index is 14.1. The minimum Gasteiger partial charge on any atom is -0.482 e. The average Bonchev–Trinajstić information content (AvgIpc) is 2.81. The summed E-state index contributed by atoms with van der Waals surface area (Å²) in [5.41, 5.74) is 0.309. The molecule has 1 heterocycles. The van der Waals surface area contributed by atoms with E-state index in [4.69, 9.17) is 4.74 Å². The van der Waals surface area contributed by atoms with Gasteiger partial charge in [-0.05, 0) is 70.3 Å². The summed E-state index contributed by atoms with van der Waals surface area (Å²) in [6.45, 7) is 8.06. The van der Waals surface area contributed by atoms with E-state index in [1.54, 1.807) is 23.1 Å². The topological polar surface area (TPSA) is 61.9 Å². The second kappa shape index (κ2) is 12.7. The van der Waals surface area contributed by atoms with Crippen molar-refractivity contribution in [3.05, 3.63) is 41.4 Å². The number of carbonyl (C=O) groups excluding carboxylic acids is 2. The molecule has 1 saturated heterocycles. The van der Waals surface area contributed by atoms with E-state index in [1.165, 1.54) is 12.1 Å². The van der Waals surface area contributed by atoms with Crippen molar-refractivity contribution in [3.63, 3.8) is 0 Å². The summed E-state index contributed by atoms with van der Waals surface area (Å²) >= 11 is 0. The number of ether oxygens (including phenoxy) is 1. The van der Waals surface area contributed by atoms with Gasteiger partial charge in [0, 0.05) is 12.1 Å². The highest BCUT2D eigenvalue weighted by molar-refractivity contribution is 5.98. The van der Waals surface area contributed by atoms with Crippen molar-refractivity contribution in [1.29, 1.82) is 0 Å². The monoisotopic (exact) mass is 459 g/mol. The molecule has 2 atom stereocenters. The van der Waals surface area contributed by atoms with Crippen LogP contribution < -0.4 is 5.32 Å². The Morgan fingerprint density at radius 2 is 1.91 bits per heavy atom. The summed E-state index contributed by atoms with van der Waals surface area (Å²) in [7, 11) is 0. The van der Waals surface area contributed by atoms with E-state index in [1.807, 2.05) is 0 Å². The lowest BCUT2D eigenvalue weighted by Gasteiger charge is -2.44. The smallest absolute Gasteiger partial charge is 0.289 e. The number of nitrogens with one attached hydrogen (secondary N) is 1. The summed E-state index contributed by atoms with van der Waals surface area (Å²) in [4.78, 5) is 30.0. The normalized spacial score (nSPS) is 21.8. The molecule has 2 fully saturated rings. The second-order valence-corrected chi connectivity index (χ2v) is 9.02. The van der Waals surface area contributed by atoms with Crippen LogP contribution in [0.2, 0.25) is 0 Å². The molecule has 0 aromatic heterocycles. The molecule has 2 amide bonds. The molecule has 2 aliphatic rings. The zero-order valence-electron chi connectivity index (χ0n) is 20.0. The fraction of sp³-hybridized carbons (Fsp3) is 0.615. The second-order valence-electron chi connectivity index (χ2n) is 9.02. The average molecular weight is 460 g/mol. The van der Waals surface area contributed by atoms with E-state index in [0.717, 1.165) is 64.6 Å². The van der Waals surface area contributed by atoms with Crippen LogP contribution in [0.15, 0.2) is 30.0 Å². The highest BCUT2D eigenvalue weighted by Crippen LogP contribution is 2.33. The molecule has 3 rings (SSSR count). The quantitative estimate of drug-likeness (QED) is 0.402. The number of morpholine rings is 1. The molecule has 33 heavy (non-hydrogen) atoms. The zero-order chi connectivity index (χ0) is 23.6. The standard InChI is InChI=1S/C26H38FN3O3/c1-3-15-29(16-4-2)17-9-14-28-25(31)19-30-22-12-7-8-13-23(22)33-24(26(30)32)18-20-10-5-6-11-21(20)27/h5-6,10-11,18,22-23H,3-4,7-9,12-17,19H2,1-2H3,(H,28,31)/b24-18-. The van der Waals surface area contributed by atoms with Gasteiger partial charge in [-0.2, -0.15) is 0 Å². The Hall–Kier alpha value is -2.41. The van der Waals surface area contributed by atoms with Crippen LogP contribution in [0, 0.1) is 5.82 Å². The highest BCUT2D eigenvalue weighted by atomic mass is 19.1. The summed E-state index contributed by atoms with van der Waals surface area (Å²) in [5.74, 6) is -0.784. The van der Waals surface area contributed by atoms with Gasteiger partial charge in [0.25, 0.3) is 5.91 Å². The number of rotatable bonds is 11. The molecule has 6 nitrogen and oxygen atoms in total. The Morgan fingerprint density at radius 3 is 2.64 bits per heavy atom. The number of carbonyl (C=O) groups is 2. The van der Waals surface area contributed by atoms with Gasteiger partial charge >= 0.3 is 0 Å². The number of halogens is 1. The highest BCUT2D eigenvalue weighted by Gasteiger charge is 2.42. The van der Waals surface area contributed by atoms with E-state index in [2.05, 4.69) is 24.1 Å². The van der Waals surface area contributed by atoms with E-state index < -0.39 is 5.82 Å². The van der Waals surface area contributed by atoms with Crippen LogP contribution in [-0.4, -0.2) is 66.5 Å². The van der Waals surface area contributed by atoms with Crippen molar-refractivity contribution < 1.29 is 18.7 Å². The van der Waals surface area contributed by atoms with Gasteiger partial charge in [-0.1, -0.05) is 38.5 Å². The van der Waals surface area contributed by atoms with Crippen LogP contribution in [0.4, 0.5) is 4.39 Å². The molecule has 1 aromatic rings. The molecule has 2 unspecified atom stereocenters. The molecular formula is C26H38FN3O3. The fourth-order valence-corrected chi connectivity index (χ4v) is 4.80. The van der Waals surface area contributed by atoms with Crippen molar-refractivity contribution >= 4 is 17.9 Å². The van der Waals surface area contributed by atoms with Crippen LogP contribution in [0.1, 0.15) is 64.4 Å². The summed E-state index contributed by atoms with van der Waals surface area (Å²) < 4.78 is 20.2. The number of fused-ring (bicyclic) bond motifs is 1. The van der Waals surface area contributed by atoms with Crippen LogP contribution >= 0.6 is 0 Å². The van der Waals surface area contributed by atoms with Crippen LogP contribution in [0.3, 0.4) is 0 Å². The van der Waals surface area contributed by atoms with Gasteiger partial charge in [0.15, 0.2) is 5.76 Å². The SMILES string of the molecule is CCCN(CCC)CCCNC(=O)CN1C(=O)/C(=C/c2ccccc2F)OC2CCCCC21. The minimum atomic E-state index is -0.406. The molecule has 1 saturated carbocycles. The summed E-state index contributed by atoms with van der Waals surface area (Å²) in [6, 6.07) is 6.19. The van der Waals surface area contributed by atoms with Gasteiger partial charge in [0.2, 0.25) is 5.91 Å². The lowest BCUT2D eigenvalue weighted by Crippen LogP contribution is -2.57.